The molecule has 22 heavy (non-hydrogen) atoms. The van der Waals surface area contributed by atoms with Crippen molar-refractivity contribution in [2.24, 2.45) is 0 Å². The first-order chi connectivity index (χ1) is 10.1. The molecule has 3 rings (SSSR count). The Hall–Kier alpha value is -2.04. The van der Waals surface area contributed by atoms with Gasteiger partial charge in [0.2, 0.25) is 0 Å². The Morgan fingerprint density at radius 2 is 2.00 bits per heavy atom. The van der Waals surface area contributed by atoms with Gasteiger partial charge < -0.3 is 20.7 Å². The Labute approximate surface area is 142 Å². The number of nitrogens with zero attached hydrogens (tertiary/aromatic N) is 6. The number of nitrogen functional groups attached to an aromatic ring is 1. The van der Waals surface area contributed by atoms with Crippen molar-refractivity contribution in [2.75, 3.05) is 17.7 Å². The van der Waals surface area contributed by atoms with Crippen LogP contribution in [0.25, 0.3) is 11.0 Å². The fraction of sp³-hybridized carbons (Fsp3) is 0.286. The average molecular weight is 469 g/mol. The van der Waals surface area contributed by atoms with E-state index in [-0.39, 0.29) is 26.5 Å². The summed E-state index contributed by atoms with van der Waals surface area (Å²) >= 11 is 0. The first-order valence-corrected chi connectivity index (χ1v) is 6.64. The van der Waals surface area contributed by atoms with Gasteiger partial charge in [-0.15, -0.1) is 0 Å². The maximum atomic E-state index is 5.76. The van der Waals surface area contributed by atoms with Crippen molar-refractivity contribution in [1.29, 1.82) is 0 Å². The van der Waals surface area contributed by atoms with Crippen molar-refractivity contribution < 1.29 is 20.4 Å². The number of hydrogen-bond donors (Lipinski definition) is 1. The van der Waals surface area contributed by atoms with Gasteiger partial charge in [-0.25, -0.2) is 9.97 Å². The molecule has 2 N–H and O–H groups in total. The summed E-state index contributed by atoms with van der Waals surface area (Å²) in [5, 5.41) is 8.75. The van der Waals surface area contributed by atoms with Crippen LogP contribution in [0.1, 0.15) is 24.5 Å². The van der Waals surface area contributed by atoms with Gasteiger partial charge in [0.15, 0.2) is 0 Å². The van der Waals surface area contributed by atoms with Crippen LogP contribution in [-0.4, -0.2) is 27.1 Å². The molecule has 0 aliphatic heterocycles. The molecule has 0 spiro atoms. The Morgan fingerprint density at radius 1 is 1.23 bits per heavy atom. The maximum Gasteiger partial charge on any atom is 0.137 e. The number of aromatic nitrogens is 5. The van der Waals surface area contributed by atoms with Crippen LogP contribution in [0.4, 0.5) is 11.6 Å². The van der Waals surface area contributed by atoms with E-state index in [9.17, 15) is 0 Å². The van der Waals surface area contributed by atoms with E-state index >= 15 is 0 Å². The average Bonchev–Trinajstić information content (AvgIpc) is 2.93. The van der Waals surface area contributed by atoms with Gasteiger partial charge in [-0.2, -0.15) is 0 Å². The first-order valence-electron chi connectivity index (χ1n) is 6.64. The molecule has 0 bridgehead atoms. The maximum absolute atomic E-state index is 5.76. The first kappa shape index (κ1) is 16.3. The van der Waals surface area contributed by atoms with Crippen LogP contribution < -0.4 is 15.7 Å². The van der Waals surface area contributed by atoms with E-state index in [1.807, 2.05) is 31.0 Å². The molecule has 3 aromatic rings. The van der Waals surface area contributed by atoms with Crippen LogP contribution in [0.3, 0.4) is 0 Å². The van der Waals surface area contributed by atoms with Crippen molar-refractivity contribution >= 4 is 22.7 Å². The molecule has 0 aromatic carbocycles. The zero-order valence-electron chi connectivity index (χ0n) is 12.5. The quantitative estimate of drug-likeness (QED) is 0.622. The van der Waals surface area contributed by atoms with Crippen molar-refractivity contribution in [3.05, 3.63) is 35.9 Å². The van der Waals surface area contributed by atoms with Gasteiger partial charge in [-0.3, -0.25) is 5.10 Å². The Morgan fingerprint density at radius 3 is 2.73 bits per heavy atom. The van der Waals surface area contributed by atoms with Crippen molar-refractivity contribution in [3.8, 4) is 0 Å². The SMILES string of the molecule is Cc1nc(N(C)[C@@H](C)c2cccc(N)n2)c2cn[n-]c2n1.[Re]. The smallest absolute Gasteiger partial charge is 0.137 e. The van der Waals surface area contributed by atoms with Crippen molar-refractivity contribution in [1.82, 2.24) is 25.1 Å². The van der Waals surface area contributed by atoms with Crippen LogP contribution in [0.2, 0.25) is 0 Å². The molecule has 3 heterocycles. The molecule has 0 amide bonds. The Balaban J connectivity index is 0.00000176. The van der Waals surface area contributed by atoms with E-state index in [1.54, 1.807) is 12.3 Å². The molecule has 0 saturated carbocycles. The molecule has 0 aliphatic carbocycles. The fourth-order valence-electron chi connectivity index (χ4n) is 2.24. The van der Waals surface area contributed by atoms with Gasteiger partial charge in [-0.1, -0.05) is 6.07 Å². The van der Waals surface area contributed by atoms with Crippen LogP contribution in [0, 0.1) is 6.92 Å². The van der Waals surface area contributed by atoms with E-state index in [0.717, 1.165) is 16.9 Å². The van der Waals surface area contributed by atoms with Gasteiger partial charge in [0, 0.05) is 44.9 Å². The molecule has 8 heteroatoms. The minimum Gasteiger partial charge on any atom is -0.422 e. The number of anilines is 2. The summed E-state index contributed by atoms with van der Waals surface area (Å²) in [5.74, 6) is 1.96. The number of aryl methyl sites for hydroxylation is 1. The molecule has 0 saturated heterocycles. The molecular formula is C14H16N7Re-. The second-order valence-corrected chi connectivity index (χ2v) is 4.95. The predicted molar refractivity (Wildman–Crippen MR) is 80.9 cm³/mol. The van der Waals surface area contributed by atoms with Gasteiger partial charge >= 0.3 is 0 Å². The molecular weight excluding hydrogens is 452 g/mol. The van der Waals surface area contributed by atoms with E-state index in [2.05, 4.69) is 32.1 Å². The summed E-state index contributed by atoms with van der Waals surface area (Å²) in [6.45, 7) is 3.89. The fourth-order valence-corrected chi connectivity index (χ4v) is 2.24. The van der Waals surface area contributed by atoms with Gasteiger partial charge in [0.1, 0.15) is 11.6 Å². The molecule has 7 nitrogen and oxygen atoms in total. The molecule has 0 fully saturated rings. The summed E-state index contributed by atoms with van der Waals surface area (Å²) in [7, 11) is 1.96. The third-order valence-corrected chi connectivity index (χ3v) is 3.49. The minimum atomic E-state index is 0. The topological polar surface area (TPSA) is 94.9 Å². The zero-order valence-corrected chi connectivity index (χ0v) is 15.2. The normalized spacial score (nSPS) is 12.0. The summed E-state index contributed by atoms with van der Waals surface area (Å²) in [6.07, 6.45) is 1.68. The third-order valence-electron chi connectivity index (χ3n) is 3.49. The standard InChI is InChI=1S/C14H16N7.Re/c1-8(11-5-4-6-12(15)19-11)21(3)14-10-7-16-20-13(10)17-9(2)18-14;/h4-8H,1-3H3,(H2-,15,16,17,18,19,20);/q-1;/t8-;/m0./s1. The molecule has 0 unspecified atom stereocenters. The van der Waals surface area contributed by atoms with Crippen molar-refractivity contribution in [2.45, 2.75) is 19.9 Å². The number of pyridine rings is 1. The molecule has 1 atom stereocenters. The second kappa shape index (κ2) is 6.38. The molecule has 1 radical (unpaired) electrons. The predicted octanol–water partition coefficient (Wildman–Crippen LogP) is 1.46. The van der Waals surface area contributed by atoms with Crippen LogP contribution in [0.5, 0.6) is 0 Å². The van der Waals surface area contributed by atoms with E-state index < -0.39 is 0 Å². The number of nitrogens with two attached hydrogens (primary N) is 1. The van der Waals surface area contributed by atoms with Gasteiger partial charge in [0.05, 0.1) is 11.7 Å². The Kier molecular flexibility index (Phi) is 4.74. The second-order valence-electron chi connectivity index (χ2n) is 4.95. The molecule has 3 aromatic heterocycles. The van der Waals surface area contributed by atoms with E-state index in [4.69, 9.17) is 5.73 Å². The summed E-state index contributed by atoms with van der Waals surface area (Å²) in [5.41, 5.74) is 7.25. The Bertz CT molecular complexity index is 786. The van der Waals surface area contributed by atoms with E-state index in [0.29, 0.717) is 17.3 Å². The number of rotatable bonds is 3. The van der Waals surface area contributed by atoms with Crippen LogP contribution >= 0.6 is 0 Å². The summed E-state index contributed by atoms with van der Waals surface area (Å²) in [6, 6.07) is 5.63. The zero-order chi connectivity index (χ0) is 15.0. The van der Waals surface area contributed by atoms with Gasteiger partial charge in [0.25, 0.3) is 0 Å². The van der Waals surface area contributed by atoms with Crippen LogP contribution in [-0.2, 0) is 20.4 Å². The molecule has 115 valence electrons. The number of hydrogen-bond acceptors (Lipinski definition) is 6. The summed E-state index contributed by atoms with van der Waals surface area (Å²) < 4.78 is 0. The van der Waals surface area contributed by atoms with Crippen molar-refractivity contribution in [3.63, 3.8) is 0 Å². The third kappa shape index (κ3) is 2.94. The minimum absolute atomic E-state index is 0. The molecule has 0 aliphatic rings. The van der Waals surface area contributed by atoms with Crippen LogP contribution in [0.15, 0.2) is 24.4 Å². The monoisotopic (exact) mass is 469 g/mol. The van der Waals surface area contributed by atoms with Gasteiger partial charge in [-0.05, 0) is 31.6 Å². The summed E-state index contributed by atoms with van der Waals surface area (Å²) in [4.78, 5) is 15.2. The largest absolute Gasteiger partial charge is 0.422 e. The number of fused-ring (bicyclic) bond motifs is 1. The van der Waals surface area contributed by atoms with E-state index in [1.165, 1.54) is 0 Å².